The maximum atomic E-state index is 7.76. The van der Waals surface area contributed by atoms with E-state index in [1.807, 2.05) is 72.4 Å². The van der Waals surface area contributed by atoms with Gasteiger partial charge in [-0.3, -0.25) is 0 Å². The van der Waals surface area contributed by atoms with Gasteiger partial charge in [0.2, 0.25) is 0 Å². The van der Waals surface area contributed by atoms with Gasteiger partial charge in [-0.05, 0) is 0 Å². The minimum absolute atomic E-state index is 0.156. The first-order valence-corrected chi connectivity index (χ1v) is 22.3. The fraction of sp³-hybridized carbons (Fsp3) is 0.191. The summed E-state index contributed by atoms with van der Waals surface area (Å²) in [6, 6.07) is 62.4. The van der Waals surface area contributed by atoms with Crippen LogP contribution in [0.2, 0.25) is 0 Å². The van der Waals surface area contributed by atoms with E-state index in [4.69, 9.17) is 23.4 Å². The van der Waals surface area contributed by atoms with Crippen LogP contribution in [0.25, 0.3) is 0 Å². The quantitative estimate of drug-likeness (QED) is 0.0932. The summed E-state index contributed by atoms with van der Waals surface area (Å²) in [4.78, 5) is 0. The molecule has 0 bridgehead atoms. The Balaban J connectivity index is 1.32. The summed E-state index contributed by atoms with van der Waals surface area (Å²) in [7, 11) is -3.10. The molecule has 7 rings (SSSR count). The summed E-state index contributed by atoms with van der Waals surface area (Å²) in [5.74, 6) is 0. The van der Waals surface area contributed by atoms with Gasteiger partial charge < -0.3 is 0 Å². The predicted molar refractivity (Wildman–Crippen MR) is 220 cm³/mol. The van der Waals surface area contributed by atoms with Gasteiger partial charge in [-0.1, -0.05) is 0 Å². The third-order valence-electron chi connectivity index (χ3n) is 9.57. The van der Waals surface area contributed by atoms with Crippen LogP contribution in [0.15, 0.2) is 194 Å². The van der Waals surface area contributed by atoms with E-state index >= 15 is 0 Å². The molecular formula is C47H46O5SeSi. The summed E-state index contributed by atoms with van der Waals surface area (Å²) in [5, 5.41) is 1.88. The second-order valence-corrected chi connectivity index (χ2v) is 19.0. The number of rotatable bonds is 17. The van der Waals surface area contributed by atoms with Gasteiger partial charge >= 0.3 is 328 Å². The molecule has 6 aromatic rings. The number of hydrogen-bond donors (Lipinski definition) is 0. The first-order valence-electron chi connectivity index (χ1n) is 18.4. The van der Waals surface area contributed by atoms with Crippen LogP contribution in [-0.4, -0.2) is 59.3 Å². The van der Waals surface area contributed by atoms with Gasteiger partial charge in [0.15, 0.2) is 0 Å². The Bertz CT molecular complexity index is 1930. The van der Waals surface area contributed by atoms with Gasteiger partial charge in [-0.15, -0.1) is 0 Å². The van der Waals surface area contributed by atoms with Gasteiger partial charge in [-0.2, -0.15) is 0 Å². The molecule has 1 aliphatic heterocycles. The van der Waals surface area contributed by atoms with Crippen LogP contribution >= 0.6 is 0 Å². The van der Waals surface area contributed by atoms with Gasteiger partial charge in [0.05, 0.1) is 0 Å². The Morgan fingerprint density at radius 1 is 0.519 bits per heavy atom. The fourth-order valence-electron chi connectivity index (χ4n) is 6.83. The molecular weight excluding hydrogens is 752 g/mol. The van der Waals surface area contributed by atoms with Crippen LogP contribution in [0, 0.1) is 0 Å². The van der Waals surface area contributed by atoms with Gasteiger partial charge in [-0.25, -0.2) is 0 Å². The van der Waals surface area contributed by atoms with E-state index in [1.165, 1.54) is 4.46 Å². The Labute approximate surface area is 326 Å². The number of hydrogen-bond acceptors (Lipinski definition) is 5. The van der Waals surface area contributed by atoms with E-state index < -0.39 is 32.7 Å². The van der Waals surface area contributed by atoms with Crippen molar-refractivity contribution in [3.63, 3.8) is 0 Å². The third-order valence-corrected chi connectivity index (χ3v) is 15.6. The number of benzene rings is 6. The predicted octanol–water partition coefficient (Wildman–Crippen LogP) is 7.00. The van der Waals surface area contributed by atoms with E-state index in [2.05, 4.69) is 122 Å². The summed E-state index contributed by atoms with van der Waals surface area (Å²) in [6.45, 7) is 6.03. The molecule has 54 heavy (non-hydrogen) atoms. The van der Waals surface area contributed by atoms with Crippen molar-refractivity contribution in [2.75, 3.05) is 6.61 Å². The van der Waals surface area contributed by atoms with Gasteiger partial charge in [0.25, 0.3) is 0 Å². The first-order chi connectivity index (χ1) is 26.7. The topological polar surface area (TPSA) is 46.2 Å². The molecule has 1 saturated heterocycles. The molecule has 0 spiro atoms. The van der Waals surface area contributed by atoms with Crippen LogP contribution in [-0.2, 0) is 43.2 Å². The van der Waals surface area contributed by atoms with Crippen molar-refractivity contribution in [1.29, 1.82) is 0 Å². The Kier molecular flexibility index (Phi) is 13.5. The molecule has 0 saturated carbocycles. The molecule has 7 heteroatoms. The molecule has 0 unspecified atom stereocenters. The molecule has 274 valence electrons. The Morgan fingerprint density at radius 2 is 0.944 bits per heavy atom. The minimum atomic E-state index is -3.10. The Hall–Kier alpha value is -4.40. The summed E-state index contributed by atoms with van der Waals surface area (Å²) < 4.78 is 36.7. The van der Waals surface area contributed by atoms with Crippen molar-refractivity contribution >= 4 is 38.1 Å². The molecule has 5 nitrogen and oxygen atoms in total. The van der Waals surface area contributed by atoms with E-state index in [1.54, 1.807) is 0 Å². The van der Waals surface area contributed by atoms with E-state index in [-0.39, 0.29) is 20.0 Å². The molecule has 1 fully saturated rings. The van der Waals surface area contributed by atoms with Crippen molar-refractivity contribution in [2.45, 2.75) is 49.2 Å². The van der Waals surface area contributed by atoms with Crippen LogP contribution in [0.4, 0.5) is 0 Å². The van der Waals surface area contributed by atoms with Crippen LogP contribution in [0.1, 0.15) is 16.7 Å². The Morgan fingerprint density at radius 3 is 1.43 bits per heavy atom. The van der Waals surface area contributed by atoms with Crippen LogP contribution in [0.3, 0.4) is 0 Å². The molecule has 0 radical (unpaired) electrons. The monoisotopic (exact) mass is 798 g/mol. The normalized spacial score (nSPS) is 20.0. The van der Waals surface area contributed by atoms with Crippen molar-refractivity contribution in [2.24, 2.45) is 0 Å². The average Bonchev–Trinajstić information content (AvgIpc) is 3.24. The SMILES string of the molecule is C=C[Si](O[C@H]1[C@@H](OCc2ccccc2)[C@H](OCc2ccccc2)[C@@H](COCc2ccccc2)O[C@H]1[Se]c1ccccc1)(c1ccccc1)c1ccccc1. The molecule has 5 atom stereocenters. The molecule has 0 aromatic heterocycles. The van der Waals surface area contributed by atoms with Gasteiger partial charge in [0, 0.05) is 0 Å². The van der Waals surface area contributed by atoms with Crippen molar-refractivity contribution in [3.05, 3.63) is 211 Å². The standard InChI is InChI=1S/C47H46O5SeSi/c1-2-54(41-29-17-7-18-30-41,42-31-19-8-20-32-42)52-46-45(50-35-39-25-13-5-14-26-39)44(49-34-38-23-11-4-12-24-38)43(36-48-33-37-21-9-3-10-22-37)51-47(46)53-40-27-15-6-16-28-40/h2-32,43-47H,1,33-36H2/t43-,44-,45+,46+,47+/m1/s1. The van der Waals surface area contributed by atoms with E-state index in [9.17, 15) is 0 Å². The summed E-state index contributed by atoms with van der Waals surface area (Å²) in [5.41, 5.74) is 5.29. The summed E-state index contributed by atoms with van der Waals surface area (Å²) >= 11 is -0.156. The summed E-state index contributed by atoms with van der Waals surface area (Å²) in [6.07, 6.45) is -1.96. The van der Waals surface area contributed by atoms with E-state index in [0.717, 1.165) is 27.1 Å². The molecule has 1 heterocycles. The fourth-order valence-corrected chi connectivity index (χ4v) is 12.6. The third kappa shape index (κ3) is 9.63. The van der Waals surface area contributed by atoms with Crippen molar-refractivity contribution in [1.82, 2.24) is 0 Å². The zero-order valence-corrected chi connectivity index (χ0v) is 33.0. The zero-order valence-electron chi connectivity index (χ0n) is 30.3. The van der Waals surface area contributed by atoms with Crippen LogP contribution < -0.4 is 14.8 Å². The average molecular weight is 798 g/mol. The molecule has 1 aliphatic rings. The molecule has 0 N–H and O–H groups in total. The zero-order chi connectivity index (χ0) is 36.8. The van der Waals surface area contributed by atoms with Crippen molar-refractivity contribution < 1.29 is 23.4 Å². The van der Waals surface area contributed by atoms with Crippen molar-refractivity contribution in [3.8, 4) is 0 Å². The maximum absolute atomic E-state index is 7.76. The second kappa shape index (κ2) is 19.3. The van der Waals surface area contributed by atoms with Crippen LogP contribution in [0.5, 0.6) is 0 Å². The number of ether oxygens (including phenoxy) is 4. The van der Waals surface area contributed by atoms with E-state index in [0.29, 0.717) is 26.4 Å². The second-order valence-electron chi connectivity index (χ2n) is 13.3. The molecule has 0 amide bonds. The van der Waals surface area contributed by atoms with Gasteiger partial charge in [0.1, 0.15) is 0 Å². The molecule has 0 aliphatic carbocycles. The first kappa shape index (κ1) is 37.9. The molecule has 6 aromatic carbocycles.